The molecule has 3 aliphatic rings. The molecule has 2 aromatic carbocycles. The number of nitrogens with one attached hydrogen (secondary N) is 1. The van der Waals surface area contributed by atoms with E-state index in [2.05, 4.69) is 24.9 Å². The predicted octanol–water partition coefficient (Wildman–Crippen LogP) is 4.03. The monoisotopic (exact) mass is 572 g/mol. The Morgan fingerprint density at radius 3 is 2.60 bits per heavy atom. The summed E-state index contributed by atoms with van der Waals surface area (Å²) in [7, 11) is 2.88. The maximum absolute atomic E-state index is 13.6. The minimum absolute atomic E-state index is 0.0901. The second kappa shape index (κ2) is 11.6. The van der Waals surface area contributed by atoms with Gasteiger partial charge < -0.3 is 34.2 Å². The maximum atomic E-state index is 13.6. The molecule has 1 N–H and O–H groups in total. The molecule has 42 heavy (non-hydrogen) atoms. The number of piperidine rings is 1. The summed E-state index contributed by atoms with van der Waals surface area (Å²) in [5, 5.41) is 3.05. The van der Waals surface area contributed by atoms with Gasteiger partial charge in [0.05, 0.1) is 26.5 Å². The van der Waals surface area contributed by atoms with Gasteiger partial charge in [0.1, 0.15) is 23.6 Å². The van der Waals surface area contributed by atoms with Crippen molar-refractivity contribution in [1.82, 2.24) is 14.9 Å². The van der Waals surface area contributed by atoms with E-state index in [1.807, 2.05) is 47.4 Å². The lowest BCUT2D eigenvalue weighted by Gasteiger charge is -2.38. The summed E-state index contributed by atoms with van der Waals surface area (Å²) in [6, 6.07) is 14.7. The van der Waals surface area contributed by atoms with Crippen molar-refractivity contribution in [3.05, 3.63) is 71.7 Å². The van der Waals surface area contributed by atoms with Gasteiger partial charge in [-0.05, 0) is 49.1 Å². The molecule has 0 radical (unpaired) electrons. The molecule has 4 heterocycles. The van der Waals surface area contributed by atoms with Crippen LogP contribution in [0.3, 0.4) is 0 Å². The summed E-state index contributed by atoms with van der Waals surface area (Å²) in [5.74, 6) is 1.12. The van der Waals surface area contributed by atoms with Crippen LogP contribution in [0.25, 0.3) is 0 Å². The Kier molecular flexibility index (Phi) is 7.51. The Labute approximate surface area is 243 Å². The highest BCUT2D eigenvalue weighted by atomic mass is 16.7. The highest BCUT2D eigenvalue weighted by Crippen LogP contribution is 2.38. The van der Waals surface area contributed by atoms with Crippen LogP contribution < -0.4 is 19.9 Å². The van der Waals surface area contributed by atoms with E-state index < -0.39 is 12.3 Å². The van der Waals surface area contributed by atoms with Crippen molar-refractivity contribution in [2.45, 2.75) is 31.4 Å². The van der Waals surface area contributed by atoms with Crippen LogP contribution >= 0.6 is 0 Å². The zero-order chi connectivity index (χ0) is 29.2. The third kappa shape index (κ3) is 5.27. The maximum Gasteiger partial charge on any atom is 0.508 e. The standard InChI is InChI=1S/C30H32N6O6/c1-40-21-7-8-23-19(15-21)9-14-35(29(38)33-23)20-10-12-34(13-11-20)27-16-24(31-18-32-27)28(37)36-17-26(42-30(39)41-2)22-5-3-4-6-25(22)36/h3-8,15-16,18,20,26H,9-14,17H2,1-2H3,(H,33,38). The van der Waals surface area contributed by atoms with Crippen molar-refractivity contribution in [3.8, 4) is 5.75 Å². The van der Waals surface area contributed by atoms with Gasteiger partial charge in [0, 0.05) is 43.0 Å². The molecule has 218 valence electrons. The second-order valence-corrected chi connectivity index (χ2v) is 10.4. The molecule has 3 amide bonds. The van der Waals surface area contributed by atoms with E-state index >= 15 is 0 Å². The van der Waals surface area contributed by atoms with E-state index in [1.165, 1.54) is 13.4 Å². The molecule has 1 unspecified atom stereocenters. The van der Waals surface area contributed by atoms with Crippen molar-refractivity contribution in [1.29, 1.82) is 0 Å². The Morgan fingerprint density at radius 2 is 1.81 bits per heavy atom. The SMILES string of the molecule is COC(=O)OC1CN(C(=O)c2cc(N3CCC(N4CCc5cc(OC)ccc5NC4=O)CC3)ncn2)c2ccccc21. The summed E-state index contributed by atoms with van der Waals surface area (Å²) < 4.78 is 15.4. The molecule has 0 bridgehead atoms. The highest BCUT2D eigenvalue weighted by molar-refractivity contribution is 6.06. The largest absolute Gasteiger partial charge is 0.508 e. The number of nitrogens with zero attached hydrogens (tertiary/aromatic N) is 5. The van der Waals surface area contributed by atoms with Crippen molar-refractivity contribution in [3.63, 3.8) is 0 Å². The first-order valence-corrected chi connectivity index (χ1v) is 13.9. The third-order valence-electron chi connectivity index (χ3n) is 8.11. The molecule has 0 saturated carbocycles. The lowest BCUT2D eigenvalue weighted by Crippen LogP contribution is -2.49. The number of methoxy groups -OCH3 is 2. The zero-order valence-corrected chi connectivity index (χ0v) is 23.5. The normalized spacial score (nSPS) is 18.5. The van der Waals surface area contributed by atoms with E-state index in [0.29, 0.717) is 31.1 Å². The molecule has 0 spiro atoms. The summed E-state index contributed by atoms with van der Waals surface area (Å²) in [6.07, 6.45) is 2.24. The number of para-hydroxylation sites is 1. The lowest BCUT2D eigenvalue weighted by atomic mass is 10.0. The predicted molar refractivity (Wildman–Crippen MR) is 154 cm³/mol. The molecule has 1 aromatic heterocycles. The van der Waals surface area contributed by atoms with Gasteiger partial charge in [0.2, 0.25) is 0 Å². The van der Waals surface area contributed by atoms with Crippen molar-refractivity contribution in [2.24, 2.45) is 0 Å². The van der Waals surface area contributed by atoms with Crippen LogP contribution in [0.5, 0.6) is 5.75 Å². The number of benzene rings is 2. The summed E-state index contributed by atoms with van der Waals surface area (Å²) >= 11 is 0. The minimum Gasteiger partial charge on any atom is -0.497 e. The molecule has 3 aromatic rings. The van der Waals surface area contributed by atoms with Gasteiger partial charge in [-0.3, -0.25) is 4.79 Å². The first kappa shape index (κ1) is 27.3. The van der Waals surface area contributed by atoms with E-state index in [9.17, 15) is 14.4 Å². The van der Waals surface area contributed by atoms with E-state index in [-0.39, 0.29) is 30.2 Å². The summed E-state index contributed by atoms with van der Waals surface area (Å²) in [5.41, 5.74) is 3.52. The third-order valence-corrected chi connectivity index (χ3v) is 8.11. The number of urea groups is 1. The Morgan fingerprint density at radius 1 is 1.00 bits per heavy atom. The van der Waals surface area contributed by atoms with Crippen LogP contribution in [0.1, 0.15) is 40.6 Å². The summed E-state index contributed by atoms with van der Waals surface area (Å²) in [6.45, 7) is 2.15. The van der Waals surface area contributed by atoms with Gasteiger partial charge >= 0.3 is 12.2 Å². The number of ether oxygens (including phenoxy) is 3. The Balaban J connectivity index is 1.11. The number of carbonyl (C=O) groups excluding carboxylic acids is 3. The van der Waals surface area contributed by atoms with E-state index in [0.717, 1.165) is 41.8 Å². The smallest absolute Gasteiger partial charge is 0.497 e. The number of carbonyl (C=O) groups is 3. The first-order chi connectivity index (χ1) is 20.4. The highest BCUT2D eigenvalue weighted by Gasteiger charge is 2.36. The van der Waals surface area contributed by atoms with Crippen molar-refractivity contribution in [2.75, 3.05) is 55.5 Å². The summed E-state index contributed by atoms with van der Waals surface area (Å²) in [4.78, 5) is 52.8. The quantitative estimate of drug-likeness (QED) is 0.451. The Hall–Kier alpha value is -4.87. The number of hydrogen-bond acceptors (Lipinski definition) is 9. The van der Waals surface area contributed by atoms with Crippen LogP contribution in [-0.4, -0.2) is 79.4 Å². The van der Waals surface area contributed by atoms with Crippen molar-refractivity contribution < 1.29 is 28.6 Å². The number of amides is 3. The van der Waals surface area contributed by atoms with Gasteiger partial charge in [0.15, 0.2) is 6.10 Å². The molecule has 6 rings (SSSR count). The second-order valence-electron chi connectivity index (χ2n) is 10.4. The van der Waals surface area contributed by atoms with Gasteiger partial charge in [-0.2, -0.15) is 0 Å². The molecule has 12 nitrogen and oxygen atoms in total. The topological polar surface area (TPSA) is 126 Å². The van der Waals surface area contributed by atoms with Crippen LogP contribution in [0, 0.1) is 0 Å². The number of fused-ring (bicyclic) bond motifs is 2. The molecule has 12 heteroatoms. The fourth-order valence-electron chi connectivity index (χ4n) is 5.91. The van der Waals surface area contributed by atoms with Gasteiger partial charge in [-0.1, -0.05) is 18.2 Å². The average molecular weight is 573 g/mol. The van der Waals surface area contributed by atoms with Gasteiger partial charge in [-0.25, -0.2) is 19.6 Å². The molecule has 1 saturated heterocycles. The lowest BCUT2D eigenvalue weighted by molar-refractivity contribution is 0.0413. The molecular weight excluding hydrogens is 540 g/mol. The average Bonchev–Trinajstić information content (AvgIpc) is 3.30. The molecular formula is C30H32N6O6. The fraction of sp³-hybridized carbons (Fsp3) is 0.367. The van der Waals surface area contributed by atoms with E-state index in [4.69, 9.17) is 9.47 Å². The molecule has 1 fully saturated rings. The molecule has 1 atom stereocenters. The van der Waals surface area contributed by atoms with Crippen molar-refractivity contribution >= 4 is 35.3 Å². The fourth-order valence-corrected chi connectivity index (χ4v) is 5.91. The number of rotatable bonds is 5. The Bertz CT molecular complexity index is 1510. The van der Waals surface area contributed by atoms with E-state index in [1.54, 1.807) is 18.1 Å². The van der Waals surface area contributed by atoms with Gasteiger partial charge in [-0.15, -0.1) is 0 Å². The molecule has 0 aliphatic carbocycles. The number of anilines is 3. The minimum atomic E-state index is -0.806. The number of hydrogen-bond donors (Lipinski definition) is 1. The van der Waals surface area contributed by atoms with Crippen LogP contribution in [0.15, 0.2) is 54.9 Å². The van der Waals surface area contributed by atoms with Crippen LogP contribution in [-0.2, 0) is 15.9 Å². The zero-order valence-electron chi connectivity index (χ0n) is 23.5. The number of aromatic nitrogens is 2. The molecule has 3 aliphatic heterocycles. The van der Waals surface area contributed by atoms with Crippen LogP contribution in [0.2, 0.25) is 0 Å². The first-order valence-electron chi connectivity index (χ1n) is 13.9. The van der Waals surface area contributed by atoms with Gasteiger partial charge in [0.25, 0.3) is 5.91 Å². The van der Waals surface area contributed by atoms with Crippen LogP contribution in [0.4, 0.5) is 26.8 Å².